The van der Waals surface area contributed by atoms with Crippen molar-refractivity contribution >= 4 is 17.6 Å². The number of ether oxygens (including phenoxy) is 1. The summed E-state index contributed by atoms with van der Waals surface area (Å²) < 4.78 is 5.02. The number of aryl methyl sites for hydroxylation is 2. The molecule has 0 bridgehead atoms. The minimum Gasteiger partial charge on any atom is -0.452 e. The van der Waals surface area contributed by atoms with Crippen LogP contribution in [0.5, 0.6) is 0 Å². The SMILES string of the molecule is Cc1ccc(C(=O)OCC(=O)Nc2cccc(C#N)c2)c(C)c1. The van der Waals surface area contributed by atoms with E-state index in [1.807, 2.05) is 32.0 Å². The van der Waals surface area contributed by atoms with Gasteiger partial charge in [-0.15, -0.1) is 0 Å². The predicted molar refractivity (Wildman–Crippen MR) is 86.0 cm³/mol. The van der Waals surface area contributed by atoms with E-state index < -0.39 is 11.9 Å². The lowest BCUT2D eigenvalue weighted by Gasteiger charge is -2.08. The van der Waals surface area contributed by atoms with Gasteiger partial charge in [-0.1, -0.05) is 23.8 Å². The molecule has 116 valence electrons. The van der Waals surface area contributed by atoms with Crippen LogP contribution >= 0.6 is 0 Å². The first-order valence-electron chi connectivity index (χ1n) is 7.04. The minimum atomic E-state index is -0.538. The van der Waals surface area contributed by atoms with Crippen LogP contribution in [0.3, 0.4) is 0 Å². The Morgan fingerprint density at radius 3 is 2.65 bits per heavy atom. The maximum atomic E-state index is 12.0. The van der Waals surface area contributed by atoms with E-state index in [9.17, 15) is 9.59 Å². The van der Waals surface area contributed by atoms with Crippen LogP contribution in [-0.4, -0.2) is 18.5 Å². The van der Waals surface area contributed by atoms with Crippen LogP contribution in [0.1, 0.15) is 27.0 Å². The topological polar surface area (TPSA) is 79.2 Å². The molecule has 1 N–H and O–H groups in total. The summed E-state index contributed by atoms with van der Waals surface area (Å²) in [6.45, 7) is 3.37. The van der Waals surface area contributed by atoms with Crippen molar-refractivity contribution in [2.24, 2.45) is 0 Å². The number of amides is 1. The van der Waals surface area contributed by atoms with Gasteiger partial charge in [-0.05, 0) is 43.7 Å². The van der Waals surface area contributed by atoms with E-state index in [-0.39, 0.29) is 6.61 Å². The molecular formula is C18H16N2O3. The Balaban J connectivity index is 1.93. The number of hydrogen-bond acceptors (Lipinski definition) is 4. The first kappa shape index (κ1) is 16.2. The number of esters is 1. The first-order valence-corrected chi connectivity index (χ1v) is 7.04. The molecule has 2 aromatic carbocycles. The van der Waals surface area contributed by atoms with Crippen molar-refractivity contribution < 1.29 is 14.3 Å². The number of nitrogens with zero attached hydrogens (tertiary/aromatic N) is 1. The van der Waals surface area contributed by atoms with Crippen LogP contribution < -0.4 is 5.32 Å². The summed E-state index contributed by atoms with van der Waals surface area (Å²) in [5.74, 6) is -0.998. The summed E-state index contributed by atoms with van der Waals surface area (Å²) in [4.78, 5) is 23.8. The fourth-order valence-electron chi connectivity index (χ4n) is 2.12. The Kier molecular flexibility index (Phi) is 5.11. The molecule has 0 saturated carbocycles. The van der Waals surface area contributed by atoms with E-state index in [2.05, 4.69) is 5.32 Å². The standard InChI is InChI=1S/C18H16N2O3/c1-12-6-7-16(13(2)8-12)18(22)23-11-17(21)20-15-5-3-4-14(9-15)10-19/h3-9H,11H2,1-2H3,(H,20,21). The van der Waals surface area contributed by atoms with Crippen LogP contribution in [0.15, 0.2) is 42.5 Å². The lowest BCUT2D eigenvalue weighted by Crippen LogP contribution is -2.21. The van der Waals surface area contributed by atoms with Crippen LogP contribution in [0, 0.1) is 25.2 Å². The van der Waals surface area contributed by atoms with Gasteiger partial charge in [-0.3, -0.25) is 4.79 Å². The van der Waals surface area contributed by atoms with E-state index in [4.69, 9.17) is 10.00 Å². The van der Waals surface area contributed by atoms with Gasteiger partial charge in [0.2, 0.25) is 0 Å². The maximum Gasteiger partial charge on any atom is 0.338 e. The normalized spacial score (nSPS) is 9.78. The quantitative estimate of drug-likeness (QED) is 0.881. The van der Waals surface area contributed by atoms with Crippen molar-refractivity contribution in [1.29, 1.82) is 5.26 Å². The fourth-order valence-corrected chi connectivity index (χ4v) is 2.12. The average Bonchev–Trinajstić information content (AvgIpc) is 2.53. The summed E-state index contributed by atoms with van der Waals surface area (Å²) in [5.41, 5.74) is 3.22. The van der Waals surface area contributed by atoms with Gasteiger partial charge in [0.05, 0.1) is 17.2 Å². The molecule has 0 aromatic heterocycles. The van der Waals surface area contributed by atoms with Gasteiger partial charge in [-0.25, -0.2) is 4.79 Å². The monoisotopic (exact) mass is 308 g/mol. The number of benzene rings is 2. The highest BCUT2D eigenvalue weighted by molar-refractivity contribution is 5.96. The van der Waals surface area contributed by atoms with Gasteiger partial charge in [-0.2, -0.15) is 5.26 Å². The number of hydrogen-bond donors (Lipinski definition) is 1. The van der Waals surface area contributed by atoms with Crippen LogP contribution in [-0.2, 0) is 9.53 Å². The molecule has 0 aliphatic rings. The third kappa shape index (κ3) is 4.42. The number of anilines is 1. The van der Waals surface area contributed by atoms with Crippen molar-refractivity contribution in [2.75, 3.05) is 11.9 Å². The second kappa shape index (κ2) is 7.23. The van der Waals surface area contributed by atoms with Gasteiger partial charge in [0.15, 0.2) is 6.61 Å². The Labute approximate surface area is 134 Å². The first-order chi connectivity index (χ1) is 11.0. The molecule has 0 spiro atoms. The largest absolute Gasteiger partial charge is 0.452 e. The third-order valence-electron chi connectivity index (χ3n) is 3.21. The summed E-state index contributed by atoms with van der Waals surface area (Å²) in [6.07, 6.45) is 0. The number of rotatable bonds is 4. The molecule has 5 heteroatoms. The van der Waals surface area contributed by atoms with Gasteiger partial charge >= 0.3 is 5.97 Å². The molecule has 0 atom stereocenters. The zero-order chi connectivity index (χ0) is 16.8. The van der Waals surface area contributed by atoms with Crippen molar-refractivity contribution in [3.05, 3.63) is 64.7 Å². The van der Waals surface area contributed by atoms with Gasteiger partial charge in [0, 0.05) is 5.69 Å². The summed E-state index contributed by atoms with van der Waals surface area (Å²) in [5, 5.41) is 11.4. The molecule has 2 rings (SSSR count). The molecule has 0 radical (unpaired) electrons. The lowest BCUT2D eigenvalue weighted by atomic mass is 10.1. The number of nitrogens with one attached hydrogen (secondary N) is 1. The highest BCUT2D eigenvalue weighted by Crippen LogP contribution is 2.12. The highest BCUT2D eigenvalue weighted by atomic mass is 16.5. The minimum absolute atomic E-state index is 0.386. The summed E-state index contributed by atoms with van der Waals surface area (Å²) >= 11 is 0. The average molecular weight is 308 g/mol. The van der Waals surface area contributed by atoms with E-state index in [0.29, 0.717) is 16.8 Å². The van der Waals surface area contributed by atoms with Gasteiger partial charge in [0.1, 0.15) is 0 Å². The molecule has 0 saturated heterocycles. The van der Waals surface area contributed by atoms with E-state index in [1.54, 1.807) is 30.3 Å². The maximum absolute atomic E-state index is 12.0. The van der Waals surface area contributed by atoms with Crippen molar-refractivity contribution in [3.63, 3.8) is 0 Å². The Hall–Kier alpha value is -3.13. The number of nitriles is 1. The molecule has 0 heterocycles. The highest BCUT2D eigenvalue weighted by Gasteiger charge is 2.12. The van der Waals surface area contributed by atoms with Crippen LogP contribution in [0.4, 0.5) is 5.69 Å². The number of carbonyl (C=O) groups excluding carboxylic acids is 2. The van der Waals surface area contributed by atoms with Crippen molar-refractivity contribution in [2.45, 2.75) is 13.8 Å². The third-order valence-corrected chi connectivity index (χ3v) is 3.21. The molecule has 0 aliphatic carbocycles. The summed E-state index contributed by atoms with van der Waals surface area (Å²) in [6, 6.07) is 13.9. The smallest absolute Gasteiger partial charge is 0.338 e. The molecule has 2 aromatic rings. The molecule has 1 amide bonds. The molecular weight excluding hydrogens is 292 g/mol. The fraction of sp³-hybridized carbons (Fsp3) is 0.167. The number of carbonyl (C=O) groups is 2. The van der Waals surface area contributed by atoms with Gasteiger partial charge in [0.25, 0.3) is 5.91 Å². The second-order valence-corrected chi connectivity index (χ2v) is 5.14. The Bertz CT molecular complexity index is 791. The molecule has 5 nitrogen and oxygen atoms in total. The second-order valence-electron chi connectivity index (χ2n) is 5.14. The van der Waals surface area contributed by atoms with Gasteiger partial charge < -0.3 is 10.1 Å². The van der Waals surface area contributed by atoms with Crippen molar-refractivity contribution in [3.8, 4) is 6.07 Å². The lowest BCUT2D eigenvalue weighted by molar-refractivity contribution is -0.119. The zero-order valence-electron chi connectivity index (χ0n) is 12.9. The Morgan fingerprint density at radius 2 is 1.96 bits per heavy atom. The Morgan fingerprint density at radius 1 is 1.17 bits per heavy atom. The van der Waals surface area contributed by atoms with E-state index >= 15 is 0 Å². The molecule has 23 heavy (non-hydrogen) atoms. The van der Waals surface area contributed by atoms with Crippen molar-refractivity contribution in [1.82, 2.24) is 0 Å². The zero-order valence-corrected chi connectivity index (χ0v) is 12.9. The van der Waals surface area contributed by atoms with E-state index in [1.165, 1.54) is 0 Å². The molecule has 0 aliphatic heterocycles. The predicted octanol–water partition coefficient (Wildman–Crippen LogP) is 2.97. The molecule has 0 fully saturated rings. The van der Waals surface area contributed by atoms with E-state index in [0.717, 1.165) is 11.1 Å². The summed E-state index contributed by atoms with van der Waals surface area (Å²) in [7, 11) is 0. The molecule has 0 unspecified atom stereocenters. The van der Waals surface area contributed by atoms with Crippen LogP contribution in [0.2, 0.25) is 0 Å². The van der Waals surface area contributed by atoms with Crippen LogP contribution in [0.25, 0.3) is 0 Å².